The number of nitro groups is 1. The van der Waals surface area contributed by atoms with Gasteiger partial charge in [-0.15, -0.1) is 0 Å². The summed E-state index contributed by atoms with van der Waals surface area (Å²) in [5.41, 5.74) is 5.46. The van der Waals surface area contributed by atoms with E-state index in [1.807, 2.05) is 6.92 Å². The van der Waals surface area contributed by atoms with Crippen LogP contribution in [0, 0.1) is 10.1 Å². The summed E-state index contributed by atoms with van der Waals surface area (Å²) in [6, 6.07) is 5.37. The predicted octanol–water partition coefficient (Wildman–Crippen LogP) is 1.79. The highest BCUT2D eigenvalue weighted by Gasteiger charge is 2.23. The van der Waals surface area contributed by atoms with Crippen LogP contribution in [-0.4, -0.2) is 29.7 Å². The number of urea groups is 1. The van der Waals surface area contributed by atoms with Crippen molar-refractivity contribution >= 4 is 17.4 Å². The zero-order valence-corrected chi connectivity index (χ0v) is 11.7. The molecule has 2 amide bonds. The quantitative estimate of drug-likeness (QED) is 0.567. The van der Waals surface area contributed by atoms with Crippen molar-refractivity contribution in [1.29, 1.82) is 0 Å². The third kappa shape index (κ3) is 4.32. The average Bonchev–Trinajstić information content (AvgIpc) is 2.99. The smallest absolute Gasteiger partial charge is 0.333 e. The monoisotopic (exact) mass is 294 g/mol. The number of nitrogens with zero attached hydrogens (tertiary/aromatic N) is 1. The maximum Gasteiger partial charge on any atom is 0.333 e. The van der Waals surface area contributed by atoms with Crippen molar-refractivity contribution < 1.29 is 14.5 Å². The van der Waals surface area contributed by atoms with Crippen molar-refractivity contribution in [3.8, 4) is 0 Å². The summed E-state index contributed by atoms with van der Waals surface area (Å²) in [6.07, 6.45) is 1.97. The zero-order chi connectivity index (χ0) is 15.2. The van der Waals surface area contributed by atoms with Gasteiger partial charge in [-0.05, 0) is 25.8 Å². The van der Waals surface area contributed by atoms with Crippen LogP contribution in [0.4, 0.5) is 16.2 Å². The number of anilines is 1. The third-order valence-electron chi connectivity index (χ3n) is 3.26. The van der Waals surface area contributed by atoms with E-state index in [9.17, 15) is 14.9 Å². The van der Waals surface area contributed by atoms with Crippen molar-refractivity contribution in [1.82, 2.24) is 10.7 Å². The molecule has 3 N–H and O–H groups in total. The second-order valence-electron chi connectivity index (χ2n) is 4.87. The van der Waals surface area contributed by atoms with E-state index in [4.69, 9.17) is 4.74 Å². The van der Waals surface area contributed by atoms with Crippen molar-refractivity contribution in [2.75, 3.05) is 12.0 Å². The van der Waals surface area contributed by atoms with E-state index in [1.54, 1.807) is 6.07 Å². The molecule has 0 aliphatic carbocycles. The van der Waals surface area contributed by atoms with Crippen molar-refractivity contribution in [3.05, 3.63) is 34.4 Å². The molecule has 114 valence electrons. The number of ether oxygens (including phenoxy) is 1. The van der Waals surface area contributed by atoms with Gasteiger partial charge in [0.05, 0.1) is 22.8 Å². The number of carbonyl (C=O) groups excluding carboxylic acids is 1. The number of carbonyl (C=O) groups is 1. The first-order valence-electron chi connectivity index (χ1n) is 6.75. The summed E-state index contributed by atoms with van der Waals surface area (Å²) in [5.74, 6) is 0. The largest absolute Gasteiger partial charge is 0.376 e. The molecule has 1 heterocycles. The molecule has 0 radical (unpaired) electrons. The number of hydrogen-bond donors (Lipinski definition) is 3. The number of hydrogen-bond acceptors (Lipinski definition) is 5. The molecule has 8 heteroatoms. The van der Waals surface area contributed by atoms with Crippen LogP contribution in [0.5, 0.6) is 0 Å². The second-order valence-corrected chi connectivity index (χ2v) is 4.87. The highest BCUT2D eigenvalue weighted by Crippen LogP contribution is 2.16. The number of amides is 2. The van der Waals surface area contributed by atoms with Gasteiger partial charge in [-0.3, -0.25) is 21.0 Å². The Morgan fingerprint density at radius 1 is 1.52 bits per heavy atom. The molecule has 1 aromatic carbocycles. The molecule has 21 heavy (non-hydrogen) atoms. The molecule has 1 saturated heterocycles. The molecule has 0 unspecified atom stereocenters. The lowest BCUT2D eigenvalue weighted by molar-refractivity contribution is -0.384. The lowest BCUT2D eigenvalue weighted by atomic mass is 10.1. The average molecular weight is 294 g/mol. The van der Waals surface area contributed by atoms with Gasteiger partial charge in [-0.25, -0.2) is 4.79 Å². The van der Waals surface area contributed by atoms with Gasteiger partial charge >= 0.3 is 6.03 Å². The third-order valence-corrected chi connectivity index (χ3v) is 3.26. The summed E-state index contributed by atoms with van der Waals surface area (Å²) < 4.78 is 5.48. The zero-order valence-electron chi connectivity index (χ0n) is 11.7. The Bertz CT molecular complexity index is 517. The Labute approximate surface area is 122 Å². The normalized spacial score (nSPS) is 18.8. The maximum absolute atomic E-state index is 11.7. The molecule has 2 atom stereocenters. The highest BCUT2D eigenvalue weighted by molar-refractivity contribution is 5.76. The minimum atomic E-state index is -0.495. The Morgan fingerprint density at radius 2 is 2.33 bits per heavy atom. The molecular weight excluding hydrogens is 276 g/mol. The fourth-order valence-corrected chi connectivity index (χ4v) is 2.16. The van der Waals surface area contributed by atoms with E-state index in [-0.39, 0.29) is 17.8 Å². The van der Waals surface area contributed by atoms with Crippen molar-refractivity contribution in [2.24, 2.45) is 0 Å². The van der Waals surface area contributed by atoms with Gasteiger partial charge in [-0.1, -0.05) is 6.07 Å². The number of benzene rings is 1. The van der Waals surface area contributed by atoms with Crippen LogP contribution < -0.4 is 16.2 Å². The van der Waals surface area contributed by atoms with Gasteiger partial charge in [0.15, 0.2) is 0 Å². The molecule has 8 nitrogen and oxygen atoms in total. The number of non-ortho nitro benzene ring substituents is 1. The molecule has 1 aliphatic rings. The molecule has 1 aromatic rings. The Kier molecular flexibility index (Phi) is 4.94. The van der Waals surface area contributed by atoms with Crippen LogP contribution in [0.3, 0.4) is 0 Å². The van der Waals surface area contributed by atoms with Gasteiger partial charge in [-0.2, -0.15) is 0 Å². The molecular formula is C13H18N4O4. The summed E-state index contributed by atoms with van der Waals surface area (Å²) >= 11 is 0. The first-order valence-corrected chi connectivity index (χ1v) is 6.75. The van der Waals surface area contributed by atoms with Gasteiger partial charge in [0.1, 0.15) is 0 Å². The van der Waals surface area contributed by atoms with E-state index in [0.29, 0.717) is 5.69 Å². The number of nitro benzene ring substituents is 1. The summed E-state index contributed by atoms with van der Waals surface area (Å²) in [6.45, 7) is 2.60. The number of hydrazine groups is 1. The molecule has 2 rings (SSSR count). The predicted molar refractivity (Wildman–Crippen MR) is 76.8 cm³/mol. The minimum Gasteiger partial charge on any atom is -0.376 e. The van der Waals surface area contributed by atoms with Crippen LogP contribution in [0.25, 0.3) is 0 Å². The maximum atomic E-state index is 11.7. The fourth-order valence-electron chi connectivity index (χ4n) is 2.16. The van der Waals surface area contributed by atoms with Crippen LogP contribution in [0.2, 0.25) is 0 Å². The van der Waals surface area contributed by atoms with Crippen LogP contribution in [0.1, 0.15) is 19.8 Å². The van der Waals surface area contributed by atoms with Gasteiger partial charge in [0.25, 0.3) is 5.69 Å². The fraction of sp³-hybridized carbons (Fsp3) is 0.462. The van der Waals surface area contributed by atoms with Crippen molar-refractivity contribution in [2.45, 2.75) is 31.9 Å². The first kappa shape index (κ1) is 15.0. The second kappa shape index (κ2) is 6.89. The molecule has 0 bridgehead atoms. The molecule has 0 spiro atoms. The van der Waals surface area contributed by atoms with Gasteiger partial charge in [0.2, 0.25) is 0 Å². The SMILES string of the molecule is C[C@@H](NC(=O)NNc1cccc([N+](=O)[O-])c1)[C@H]1CCCO1. The van der Waals surface area contributed by atoms with E-state index in [2.05, 4.69) is 16.2 Å². The molecule has 1 aliphatic heterocycles. The van der Waals surface area contributed by atoms with E-state index in [0.717, 1.165) is 19.4 Å². The van der Waals surface area contributed by atoms with Crippen molar-refractivity contribution in [3.63, 3.8) is 0 Å². The standard InChI is InChI=1S/C13H18N4O4/c1-9(12-6-3-7-21-12)14-13(18)16-15-10-4-2-5-11(8-10)17(19)20/h2,4-5,8-9,12,15H,3,6-7H2,1H3,(H2,14,16,18)/t9-,12-/m1/s1. The molecule has 0 aromatic heterocycles. The topological polar surface area (TPSA) is 106 Å². The lowest BCUT2D eigenvalue weighted by Gasteiger charge is -2.20. The first-order chi connectivity index (χ1) is 10.1. The Morgan fingerprint density at radius 3 is 3.00 bits per heavy atom. The molecule has 1 fully saturated rings. The van der Waals surface area contributed by atoms with E-state index >= 15 is 0 Å². The summed E-state index contributed by atoms with van der Waals surface area (Å²) in [7, 11) is 0. The Hall–Kier alpha value is -2.35. The molecule has 0 saturated carbocycles. The van der Waals surface area contributed by atoms with Gasteiger partial charge in [0, 0.05) is 18.7 Å². The van der Waals surface area contributed by atoms with E-state index < -0.39 is 11.0 Å². The lowest BCUT2D eigenvalue weighted by Crippen LogP contribution is -2.47. The van der Waals surface area contributed by atoms with Crippen LogP contribution in [-0.2, 0) is 4.74 Å². The van der Waals surface area contributed by atoms with Crippen LogP contribution in [0.15, 0.2) is 24.3 Å². The number of rotatable bonds is 5. The van der Waals surface area contributed by atoms with Crippen LogP contribution >= 0.6 is 0 Å². The number of nitrogens with one attached hydrogen (secondary N) is 3. The summed E-state index contributed by atoms with van der Waals surface area (Å²) in [5, 5.41) is 13.4. The minimum absolute atomic E-state index is 0.0357. The Balaban J connectivity index is 1.80. The highest BCUT2D eigenvalue weighted by atomic mass is 16.6. The van der Waals surface area contributed by atoms with E-state index in [1.165, 1.54) is 18.2 Å². The van der Waals surface area contributed by atoms with Gasteiger partial charge < -0.3 is 10.1 Å². The summed E-state index contributed by atoms with van der Waals surface area (Å²) in [4.78, 5) is 21.9.